The minimum absolute atomic E-state index is 0.209. The number of nitrogens with two attached hydrogens (primary N) is 1. The van der Waals surface area contributed by atoms with Gasteiger partial charge in [-0.2, -0.15) is 0 Å². The van der Waals surface area contributed by atoms with Gasteiger partial charge in [0.1, 0.15) is 23.3 Å². The van der Waals surface area contributed by atoms with Crippen LogP contribution < -0.4 is 5.73 Å². The Bertz CT molecular complexity index is 619. The first kappa shape index (κ1) is 13.4. The van der Waals surface area contributed by atoms with E-state index in [0.717, 1.165) is 6.07 Å². The highest BCUT2D eigenvalue weighted by Crippen LogP contribution is 2.26. The van der Waals surface area contributed by atoms with E-state index >= 15 is 0 Å². The van der Waals surface area contributed by atoms with Crippen LogP contribution in [0, 0.1) is 11.6 Å². The van der Waals surface area contributed by atoms with Crippen molar-refractivity contribution in [1.82, 2.24) is 9.97 Å². The average Bonchev–Trinajstić information content (AvgIpc) is 2.26. The van der Waals surface area contributed by atoms with Crippen molar-refractivity contribution in [3.8, 4) is 11.3 Å². The van der Waals surface area contributed by atoms with Gasteiger partial charge in [0, 0.05) is 23.1 Å². The van der Waals surface area contributed by atoms with E-state index in [9.17, 15) is 8.78 Å². The molecule has 0 aliphatic rings. The lowest BCUT2D eigenvalue weighted by Gasteiger charge is -2.17. The van der Waals surface area contributed by atoms with Gasteiger partial charge in [-0.3, -0.25) is 0 Å². The molecule has 5 heteroatoms. The van der Waals surface area contributed by atoms with Gasteiger partial charge < -0.3 is 5.73 Å². The molecule has 0 aliphatic heterocycles. The summed E-state index contributed by atoms with van der Waals surface area (Å²) in [5.74, 6) is -0.512. The molecule has 1 heterocycles. The summed E-state index contributed by atoms with van der Waals surface area (Å²) in [7, 11) is 0. The van der Waals surface area contributed by atoms with Gasteiger partial charge in [-0.1, -0.05) is 20.8 Å². The molecule has 0 radical (unpaired) electrons. The SMILES string of the molecule is CC(C)(C)c1nc(N)cc(-c2ccc(F)cc2F)n1. The third-order valence-electron chi connectivity index (χ3n) is 2.62. The van der Waals surface area contributed by atoms with Crippen molar-refractivity contribution in [1.29, 1.82) is 0 Å². The summed E-state index contributed by atoms with van der Waals surface area (Å²) in [4.78, 5) is 8.46. The molecule has 0 atom stereocenters. The molecule has 100 valence electrons. The highest BCUT2D eigenvalue weighted by atomic mass is 19.1. The van der Waals surface area contributed by atoms with Crippen molar-refractivity contribution < 1.29 is 8.78 Å². The minimum atomic E-state index is -0.669. The van der Waals surface area contributed by atoms with E-state index in [1.54, 1.807) is 0 Å². The molecule has 0 saturated carbocycles. The largest absolute Gasteiger partial charge is 0.384 e. The lowest BCUT2D eigenvalue weighted by atomic mass is 9.95. The smallest absolute Gasteiger partial charge is 0.136 e. The normalized spacial score (nSPS) is 11.6. The van der Waals surface area contributed by atoms with Gasteiger partial charge in [0.2, 0.25) is 0 Å². The van der Waals surface area contributed by atoms with E-state index < -0.39 is 11.6 Å². The van der Waals surface area contributed by atoms with Gasteiger partial charge in [0.15, 0.2) is 0 Å². The van der Waals surface area contributed by atoms with Crippen molar-refractivity contribution in [2.75, 3.05) is 5.73 Å². The van der Waals surface area contributed by atoms with Crippen LogP contribution in [0.4, 0.5) is 14.6 Å². The highest BCUT2D eigenvalue weighted by molar-refractivity contribution is 5.62. The number of hydrogen-bond acceptors (Lipinski definition) is 3. The van der Waals surface area contributed by atoms with Crippen LogP contribution in [0.15, 0.2) is 24.3 Å². The van der Waals surface area contributed by atoms with Gasteiger partial charge in [-0.25, -0.2) is 18.7 Å². The first-order chi connectivity index (χ1) is 8.77. The maximum Gasteiger partial charge on any atom is 0.136 e. The standard InChI is InChI=1S/C14H15F2N3/c1-14(2,3)13-18-11(7-12(17)19-13)9-5-4-8(15)6-10(9)16/h4-7H,1-3H3,(H2,17,18,19). The Labute approximate surface area is 110 Å². The Morgan fingerprint density at radius 1 is 1.05 bits per heavy atom. The Hall–Kier alpha value is -2.04. The quantitative estimate of drug-likeness (QED) is 0.858. The topological polar surface area (TPSA) is 51.8 Å². The zero-order valence-electron chi connectivity index (χ0n) is 11.0. The van der Waals surface area contributed by atoms with Gasteiger partial charge in [0.25, 0.3) is 0 Å². The molecule has 19 heavy (non-hydrogen) atoms. The van der Waals surface area contributed by atoms with Crippen LogP contribution in [-0.4, -0.2) is 9.97 Å². The Kier molecular flexibility index (Phi) is 3.22. The van der Waals surface area contributed by atoms with E-state index in [0.29, 0.717) is 11.5 Å². The van der Waals surface area contributed by atoms with Crippen molar-refractivity contribution in [2.45, 2.75) is 26.2 Å². The van der Waals surface area contributed by atoms with Crippen LogP contribution in [0.3, 0.4) is 0 Å². The third kappa shape index (κ3) is 2.86. The predicted octanol–water partition coefficient (Wildman–Crippen LogP) is 3.30. The fraction of sp³-hybridized carbons (Fsp3) is 0.286. The Morgan fingerprint density at radius 3 is 2.32 bits per heavy atom. The molecule has 0 amide bonds. The lowest BCUT2D eigenvalue weighted by Crippen LogP contribution is -2.17. The summed E-state index contributed by atoms with van der Waals surface area (Å²) < 4.78 is 26.7. The van der Waals surface area contributed by atoms with Gasteiger partial charge >= 0.3 is 0 Å². The maximum absolute atomic E-state index is 13.8. The molecule has 0 spiro atoms. The minimum Gasteiger partial charge on any atom is -0.384 e. The number of hydrogen-bond donors (Lipinski definition) is 1. The second-order valence-corrected chi connectivity index (χ2v) is 5.38. The van der Waals surface area contributed by atoms with Crippen molar-refractivity contribution in [2.24, 2.45) is 0 Å². The zero-order valence-corrected chi connectivity index (χ0v) is 11.0. The number of rotatable bonds is 1. The summed E-state index contributed by atoms with van der Waals surface area (Å²) in [6.07, 6.45) is 0. The van der Waals surface area contributed by atoms with E-state index in [1.165, 1.54) is 18.2 Å². The van der Waals surface area contributed by atoms with Crippen LogP contribution in [0.1, 0.15) is 26.6 Å². The summed E-state index contributed by atoms with van der Waals surface area (Å²) >= 11 is 0. The Morgan fingerprint density at radius 2 is 1.74 bits per heavy atom. The summed E-state index contributed by atoms with van der Waals surface area (Å²) in [6, 6.07) is 4.84. The maximum atomic E-state index is 13.8. The van der Waals surface area contributed by atoms with Crippen LogP contribution in [0.2, 0.25) is 0 Å². The van der Waals surface area contributed by atoms with E-state index in [-0.39, 0.29) is 16.8 Å². The third-order valence-corrected chi connectivity index (χ3v) is 2.62. The second-order valence-electron chi connectivity index (χ2n) is 5.38. The molecule has 2 N–H and O–H groups in total. The van der Waals surface area contributed by atoms with Gasteiger partial charge in [-0.15, -0.1) is 0 Å². The van der Waals surface area contributed by atoms with E-state index in [2.05, 4.69) is 9.97 Å². The number of aromatic nitrogens is 2. The molecule has 2 rings (SSSR count). The Balaban J connectivity index is 2.59. The lowest BCUT2D eigenvalue weighted by molar-refractivity contribution is 0.546. The summed E-state index contributed by atoms with van der Waals surface area (Å²) in [5.41, 5.74) is 5.99. The highest BCUT2D eigenvalue weighted by Gasteiger charge is 2.20. The zero-order chi connectivity index (χ0) is 14.2. The molecule has 0 bridgehead atoms. The van der Waals surface area contributed by atoms with E-state index in [4.69, 9.17) is 5.73 Å². The molecule has 0 aliphatic carbocycles. The fourth-order valence-corrected chi connectivity index (χ4v) is 1.64. The number of nitrogens with zero attached hydrogens (tertiary/aromatic N) is 2. The second kappa shape index (κ2) is 4.57. The van der Waals surface area contributed by atoms with Crippen molar-refractivity contribution >= 4 is 5.82 Å². The number of nitrogen functional groups attached to an aromatic ring is 1. The predicted molar refractivity (Wildman–Crippen MR) is 70.5 cm³/mol. The van der Waals surface area contributed by atoms with Gasteiger partial charge in [-0.05, 0) is 12.1 Å². The van der Waals surface area contributed by atoms with E-state index in [1.807, 2.05) is 20.8 Å². The monoisotopic (exact) mass is 263 g/mol. The number of halogens is 2. The summed E-state index contributed by atoms with van der Waals surface area (Å²) in [5, 5.41) is 0. The summed E-state index contributed by atoms with van der Waals surface area (Å²) in [6.45, 7) is 5.81. The molecule has 1 aromatic carbocycles. The fourth-order valence-electron chi connectivity index (χ4n) is 1.64. The number of anilines is 1. The molecule has 1 aromatic heterocycles. The first-order valence-electron chi connectivity index (χ1n) is 5.88. The molecule has 0 saturated heterocycles. The molecule has 3 nitrogen and oxygen atoms in total. The number of benzene rings is 1. The molecule has 2 aromatic rings. The molecule has 0 unspecified atom stereocenters. The van der Waals surface area contributed by atoms with Gasteiger partial charge in [0.05, 0.1) is 5.69 Å². The van der Waals surface area contributed by atoms with Crippen LogP contribution in [-0.2, 0) is 5.41 Å². The molecular weight excluding hydrogens is 248 g/mol. The van der Waals surface area contributed by atoms with Crippen molar-refractivity contribution in [3.05, 3.63) is 41.7 Å². The van der Waals surface area contributed by atoms with Crippen LogP contribution in [0.5, 0.6) is 0 Å². The average molecular weight is 263 g/mol. The molecular formula is C14H15F2N3. The van der Waals surface area contributed by atoms with Crippen LogP contribution >= 0.6 is 0 Å². The van der Waals surface area contributed by atoms with Crippen LogP contribution in [0.25, 0.3) is 11.3 Å². The first-order valence-corrected chi connectivity index (χ1v) is 5.88. The van der Waals surface area contributed by atoms with Crippen molar-refractivity contribution in [3.63, 3.8) is 0 Å². The molecule has 0 fully saturated rings.